The van der Waals surface area contributed by atoms with Crippen LogP contribution in [0, 0.1) is 0 Å². The number of fused-ring (bicyclic) bond motifs is 2. The molecule has 1 aliphatic heterocycles. The number of hydrogen-bond donors (Lipinski definition) is 0. The van der Waals surface area contributed by atoms with Gasteiger partial charge in [-0.15, -0.1) is 0 Å². The summed E-state index contributed by atoms with van der Waals surface area (Å²) in [6.45, 7) is 2.08. The van der Waals surface area contributed by atoms with E-state index in [9.17, 15) is 9.59 Å². The molecule has 0 aliphatic carbocycles. The zero-order valence-electron chi connectivity index (χ0n) is 16.4. The number of aryl methyl sites for hydroxylation is 1. The van der Waals surface area contributed by atoms with Crippen LogP contribution in [0.1, 0.15) is 40.2 Å². The molecular formula is C24H16BrClN2O3. The maximum absolute atomic E-state index is 13.6. The Hall–Kier alpha value is -2.96. The maximum Gasteiger partial charge on any atom is 0.296 e. The van der Waals surface area contributed by atoms with E-state index in [1.54, 1.807) is 30.3 Å². The van der Waals surface area contributed by atoms with Crippen molar-refractivity contribution < 1.29 is 9.21 Å². The first-order valence-electron chi connectivity index (χ1n) is 9.78. The molecule has 0 fully saturated rings. The molecule has 1 amide bonds. The van der Waals surface area contributed by atoms with Gasteiger partial charge in [0, 0.05) is 10.7 Å². The summed E-state index contributed by atoms with van der Waals surface area (Å²) in [6.07, 6.45) is 2.37. The molecule has 0 bridgehead atoms. The molecule has 4 aromatic rings. The van der Waals surface area contributed by atoms with Crippen molar-refractivity contribution in [3.63, 3.8) is 0 Å². The summed E-state index contributed by atoms with van der Waals surface area (Å²) in [5.41, 5.74) is 2.43. The van der Waals surface area contributed by atoms with Crippen molar-refractivity contribution >= 4 is 50.2 Å². The van der Waals surface area contributed by atoms with Gasteiger partial charge in [-0.25, -0.2) is 4.98 Å². The number of carbonyl (C=O) groups is 1. The van der Waals surface area contributed by atoms with Gasteiger partial charge in [0.05, 0.1) is 22.0 Å². The van der Waals surface area contributed by atoms with Crippen molar-refractivity contribution in [3.8, 4) is 0 Å². The molecular weight excluding hydrogens is 480 g/mol. The Morgan fingerprint density at radius 1 is 1.10 bits per heavy atom. The van der Waals surface area contributed by atoms with E-state index >= 15 is 0 Å². The molecule has 3 heterocycles. The van der Waals surface area contributed by atoms with E-state index < -0.39 is 11.9 Å². The second kappa shape index (κ2) is 7.62. The Morgan fingerprint density at radius 3 is 2.55 bits per heavy atom. The average molecular weight is 496 g/mol. The first kappa shape index (κ1) is 20.0. The Balaban J connectivity index is 1.79. The topological polar surface area (TPSA) is 63.4 Å². The van der Waals surface area contributed by atoms with E-state index in [0.717, 1.165) is 16.5 Å². The van der Waals surface area contributed by atoms with Crippen molar-refractivity contribution in [1.29, 1.82) is 0 Å². The molecule has 5 rings (SSSR count). The highest BCUT2D eigenvalue weighted by atomic mass is 79.9. The fraction of sp³-hybridized carbons (Fsp3) is 0.125. The fourth-order valence-corrected chi connectivity index (χ4v) is 4.42. The van der Waals surface area contributed by atoms with Gasteiger partial charge in [-0.05, 0) is 47.9 Å². The van der Waals surface area contributed by atoms with E-state index in [4.69, 9.17) is 16.0 Å². The van der Waals surface area contributed by atoms with Gasteiger partial charge in [-0.3, -0.25) is 14.5 Å². The number of carbonyl (C=O) groups excluding carboxylic acids is 1. The minimum absolute atomic E-state index is 0.0427. The number of nitrogens with zero attached hydrogens (tertiary/aromatic N) is 2. The largest absolute Gasteiger partial charge is 0.450 e. The average Bonchev–Trinajstić information content (AvgIpc) is 3.07. The standard InChI is InChI=1S/C24H16BrClN2O3/c1-2-13-3-5-14(6-4-13)21-20-22(29)17-11-15(25)7-9-18(17)31-23(20)24(30)28(21)19-10-8-16(26)12-27-19/h3-12,21H,2H2,1H3. The monoisotopic (exact) mass is 494 g/mol. The third-order valence-electron chi connectivity index (χ3n) is 5.49. The lowest BCUT2D eigenvalue weighted by Gasteiger charge is -2.24. The lowest BCUT2D eigenvalue weighted by Crippen LogP contribution is -2.30. The minimum Gasteiger partial charge on any atom is -0.450 e. The third kappa shape index (κ3) is 3.27. The van der Waals surface area contributed by atoms with Gasteiger partial charge in [-0.1, -0.05) is 58.7 Å². The van der Waals surface area contributed by atoms with E-state index in [1.165, 1.54) is 16.7 Å². The molecule has 154 valence electrons. The maximum atomic E-state index is 13.6. The number of anilines is 1. The normalized spacial score (nSPS) is 15.5. The van der Waals surface area contributed by atoms with Crippen LogP contribution in [-0.2, 0) is 6.42 Å². The van der Waals surface area contributed by atoms with Crippen LogP contribution >= 0.6 is 27.5 Å². The Labute approximate surface area is 191 Å². The first-order chi connectivity index (χ1) is 15.0. The summed E-state index contributed by atoms with van der Waals surface area (Å²) in [4.78, 5) is 32.9. The van der Waals surface area contributed by atoms with Crippen LogP contribution in [0.3, 0.4) is 0 Å². The zero-order valence-corrected chi connectivity index (χ0v) is 18.8. The van der Waals surface area contributed by atoms with Crippen LogP contribution < -0.4 is 10.3 Å². The van der Waals surface area contributed by atoms with Crippen molar-refractivity contribution in [1.82, 2.24) is 4.98 Å². The zero-order chi connectivity index (χ0) is 21.7. The third-order valence-corrected chi connectivity index (χ3v) is 6.21. The van der Waals surface area contributed by atoms with E-state index in [2.05, 4.69) is 27.8 Å². The van der Waals surface area contributed by atoms with Crippen molar-refractivity contribution in [2.24, 2.45) is 0 Å². The van der Waals surface area contributed by atoms with E-state index in [-0.39, 0.29) is 11.2 Å². The van der Waals surface area contributed by atoms with Crippen molar-refractivity contribution in [2.75, 3.05) is 4.90 Å². The first-order valence-corrected chi connectivity index (χ1v) is 10.9. The molecule has 2 aromatic heterocycles. The number of hydrogen-bond acceptors (Lipinski definition) is 4. The second-order valence-corrected chi connectivity index (χ2v) is 8.67. The number of halogens is 2. The molecule has 0 saturated carbocycles. The smallest absolute Gasteiger partial charge is 0.296 e. The molecule has 0 N–H and O–H groups in total. The molecule has 0 saturated heterocycles. The van der Waals surface area contributed by atoms with Crippen molar-refractivity contribution in [3.05, 3.63) is 103 Å². The summed E-state index contributed by atoms with van der Waals surface area (Å²) in [5.74, 6) is 0.0347. The quantitative estimate of drug-likeness (QED) is 0.354. The van der Waals surface area contributed by atoms with Gasteiger partial charge >= 0.3 is 0 Å². The molecule has 1 aliphatic rings. The van der Waals surface area contributed by atoms with Crippen LogP contribution in [0.25, 0.3) is 11.0 Å². The van der Waals surface area contributed by atoms with Crippen LogP contribution in [0.5, 0.6) is 0 Å². The van der Waals surface area contributed by atoms with Gasteiger partial charge in [0.2, 0.25) is 5.76 Å². The lowest BCUT2D eigenvalue weighted by molar-refractivity contribution is 0.0970. The highest BCUT2D eigenvalue weighted by Gasteiger charge is 2.44. The van der Waals surface area contributed by atoms with Crippen LogP contribution in [0.4, 0.5) is 5.82 Å². The second-order valence-electron chi connectivity index (χ2n) is 7.32. The summed E-state index contributed by atoms with van der Waals surface area (Å²) in [5, 5.41) is 0.878. The van der Waals surface area contributed by atoms with Crippen LogP contribution in [0.15, 0.2) is 74.5 Å². The van der Waals surface area contributed by atoms with Gasteiger partial charge < -0.3 is 4.42 Å². The lowest BCUT2D eigenvalue weighted by atomic mass is 9.97. The molecule has 1 atom stereocenters. The van der Waals surface area contributed by atoms with Gasteiger partial charge in [0.25, 0.3) is 5.91 Å². The minimum atomic E-state index is -0.651. The Kier molecular flexibility index (Phi) is 4.91. The number of benzene rings is 2. The number of amides is 1. The molecule has 5 nitrogen and oxygen atoms in total. The highest BCUT2D eigenvalue weighted by molar-refractivity contribution is 9.10. The van der Waals surface area contributed by atoms with Crippen molar-refractivity contribution in [2.45, 2.75) is 19.4 Å². The summed E-state index contributed by atoms with van der Waals surface area (Å²) >= 11 is 9.41. The van der Waals surface area contributed by atoms with Crippen LogP contribution in [0.2, 0.25) is 5.02 Å². The summed E-state index contributed by atoms with van der Waals surface area (Å²) in [7, 11) is 0. The van der Waals surface area contributed by atoms with Gasteiger partial charge in [0.1, 0.15) is 11.4 Å². The predicted molar refractivity (Wildman–Crippen MR) is 124 cm³/mol. The molecule has 2 aromatic carbocycles. The van der Waals surface area contributed by atoms with E-state index in [1.807, 2.05) is 24.3 Å². The molecule has 1 unspecified atom stereocenters. The van der Waals surface area contributed by atoms with Gasteiger partial charge in [-0.2, -0.15) is 0 Å². The fourth-order valence-electron chi connectivity index (χ4n) is 3.94. The Bertz CT molecular complexity index is 1380. The number of pyridine rings is 1. The number of rotatable bonds is 3. The summed E-state index contributed by atoms with van der Waals surface area (Å²) in [6, 6.07) is 15.8. The SMILES string of the molecule is CCc1ccc(C2c3c(oc4ccc(Br)cc4c3=O)C(=O)N2c2ccc(Cl)cn2)cc1. The predicted octanol–water partition coefficient (Wildman–Crippen LogP) is 5.92. The molecule has 0 spiro atoms. The van der Waals surface area contributed by atoms with Crippen LogP contribution in [-0.4, -0.2) is 10.9 Å². The number of aromatic nitrogens is 1. The Morgan fingerprint density at radius 2 is 1.87 bits per heavy atom. The molecule has 0 radical (unpaired) electrons. The van der Waals surface area contributed by atoms with E-state index in [0.29, 0.717) is 27.4 Å². The molecule has 31 heavy (non-hydrogen) atoms. The van der Waals surface area contributed by atoms with Gasteiger partial charge in [0.15, 0.2) is 5.43 Å². The molecule has 7 heteroatoms. The summed E-state index contributed by atoms with van der Waals surface area (Å²) < 4.78 is 6.72. The highest BCUT2D eigenvalue weighted by Crippen LogP contribution is 2.40.